The average Bonchev–Trinajstić information content (AvgIpc) is 2.62. The maximum Gasteiger partial charge on any atom is 0.460 e. The van der Waals surface area contributed by atoms with Gasteiger partial charge < -0.3 is 9.47 Å². The first kappa shape index (κ1) is 33.7. The summed E-state index contributed by atoms with van der Waals surface area (Å²) in [6, 6.07) is 0. The summed E-state index contributed by atoms with van der Waals surface area (Å²) in [6.07, 6.45) is -20.7. The maximum atomic E-state index is 13.7. The van der Waals surface area contributed by atoms with Crippen molar-refractivity contribution in [2.45, 2.75) is 82.9 Å². The van der Waals surface area contributed by atoms with Crippen LogP contribution in [-0.4, -0.2) is 60.2 Å². The number of hydrogen-bond acceptors (Lipinski definition) is 4. The van der Waals surface area contributed by atoms with Crippen molar-refractivity contribution in [1.82, 2.24) is 0 Å². The van der Waals surface area contributed by atoms with Gasteiger partial charge in [0.1, 0.15) is 0 Å². The Morgan fingerprint density at radius 2 is 0.917 bits per heavy atom. The number of ether oxygens (including phenoxy) is 2. The first-order valence-corrected chi connectivity index (χ1v) is 9.24. The van der Waals surface area contributed by atoms with E-state index >= 15 is 0 Å². The topological polar surface area (TPSA) is 52.6 Å². The number of hydrogen-bond donors (Lipinski definition) is 0. The molecule has 0 aliphatic rings. The van der Waals surface area contributed by atoms with Crippen molar-refractivity contribution < 1.29 is 80.5 Å². The maximum absolute atomic E-state index is 13.7. The minimum Gasteiger partial charge on any atom is -0.453 e. The van der Waals surface area contributed by atoms with E-state index in [-0.39, 0.29) is 19.9 Å². The van der Waals surface area contributed by atoms with Gasteiger partial charge >= 0.3 is 48.0 Å². The molecule has 0 saturated heterocycles. The quantitative estimate of drug-likeness (QED) is 0.192. The third kappa shape index (κ3) is 6.52. The van der Waals surface area contributed by atoms with E-state index in [2.05, 4.69) is 9.47 Å². The first-order valence-electron chi connectivity index (χ1n) is 9.24. The van der Waals surface area contributed by atoms with Crippen molar-refractivity contribution in [1.29, 1.82) is 0 Å². The van der Waals surface area contributed by atoms with Crippen LogP contribution in [-0.2, 0) is 19.1 Å². The monoisotopic (exact) mass is 564 g/mol. The molecule has 2 atom stereocenters. The predicted molar refractivity (Wildman–Crippen MR) is 90.5 cm³/mol. The van der Waals surface area contributed by atoms with E-state index in [9.17, 15) is 71.1 Å². The van der Waals surface area contributed by atoms with E-state index < -0.39 is 71.2 Å². The Morgan fingerprint density at radius 1 is 0.611 bits per heavy atom. The fourth-order valence-corrected chi connectivity index (χ4v) is 2.17. The lowest BCUT2D eigenvalue weighted by molar-refractivity contribution is -0.369. The molecule has 0 spiro atoms. The molecule has 0 fully saturated rings. The molecule has 0 aliphatic heterocycles. The third-order valence-corrected chi connectivity index (χ3v) is 4.44. The van der Waals surface area contributed by atoms with Crippen LogP contribution >= 0.6 is 0 Å². The molecule has 0 bridgehead atoms. The van der Waals surface area contributed by atoms with Crippen molar-refractivity contribution in [2.75, 3.05) is 0 Å². The Kier molecular flexibility index (Phi) is 9.24. The largest absolute Gasteiger partial charge is 0.460 e. The van der Waals surface area contributed by atoms with Crippen molar-refractivity contribution in [3.05, 3.63) is 11.6 Å². The first-order chi connectivity index (χ1) is 15.5. The molecule has 0 aliphatic carbocycles. The molecule has 18 heteroatoms. The van der Waals surface area contributed by atoms with Gasteiger partial charge in [0.15, 0.2) is 12.2 Å². The van der Waals surface area contributed by atoms with Crippen LogP contribution in [0.5, 0.6) is 0 Å². The number of alkyl halides is 14. The fourth-order valence-electron chi connectivity index (χ4n) is 2.17. The van der Waals surface area contributed by atoms with Gasteiger partial charge in [0, 0.05) is 11.6 Å². The van der Waals surface area contributed by atoms with E-state index in [1.807, 2.05) is 0 Å². The number of esters is 2. The molecular weight excluding hydrogens is 546 g/mol. The molecule has 0 amide bonds. The van der Waals surface area contributed by atoms with Crippen LogP contribution in [0.4, 0.5) is 61.5 Å². The van der Waals surface area contributed by atoms with Gasteiger partial charge in [0.25, 0.3) is 0 Å². The normalized spacial score (nSPS) is 16.9. The molecule has 0 radical (unpaired) electrons. The molecule has 4 nitrogen and oxygen atoms in total. The second-order valence-corrected chi connectivity index (χ2v) is 8.32. The Bertz CT molecular complexity index is 849. The third-order valence-electron chi connectivity index (χ3n) is 4.44. The molecule has 0 heterocycles. The van der Waals surface area contributed by atoms with Crippen LogP contribution in [0, 0.1) is 5.41 Å². The van der Waals surface area contributed by atoms with Crippen molar-refractivity contribution in [3.63, 3.8) is 0 Å². The molecule has 212 valence electrons. The highest BCUT2D eigenvalue weighted by atomic mass is 19.4. The molecule has 0 aromatic rings. The molecule has 0 saturated carbocycles. The lowest BCUT2D eigenvalue weighted by Crippen LogP contribution is -2.58. The molecule has 36 heavy (non-hydrogen) atoms. The summed E-state index contributed by atoms with van der Waals surface area (Å²) >= 11 is 0. The SMILES string of the molecule is CC(OC(=O)/C=C(/C(=O)OC(C)C(F)(F)C(F)(F)C(F)(F)F)C(C)(C)C)C(F)(F)C(F)(F)C(F)(F)F. The van der Waals surface area contributed by atoms with Gasteiger partial charge in [-0.15, -0.1) is 0 Å². The Morgan fingerprint density at radius 3 is 1.19 bits per heavy atom. The minimum absolute atomic E-state index is 0.0714. The van der Waals surface area contributed by atoms with E-state index in [1.165, 1.54) is 0 Å². The zero-order valence-corrected chi connectivity index (χ0v) is 18.7. The van der Waals surface area contributed by atoms with Gasteiger partial charge in [-0.25, -0.2) is 9.59 Å². The van der Waals surface area contributed by atoms with E-state index in [0.29, 0.717) is 0 Å². The molecule has 0 aromatic heterocycles. The minimum atomic E-state index is -6.79. The number of halogens is 14. The summed E-state index contributed by atoms with van der Waals surface area (Å²) in [7, 11) is 0. The Balaban J connectivity index is 6.02. The van der Waals surface area contributed by atoms with Gasteiger partial charge in [-0.3, -0.25) is 0 Å². The van der Waals surface area contributed by atoms with Crippen molar-refractivity contribution in [2.24, 2.45) is 5.41 Å². The zero-order valence-electron chi connectivity index (χ0n) is 18.7. The molecule has 0 aromatic carbocycles. The zero-order chi connectivity index (χ0) is 29.5. The summed E-state index contributed by atoms with van der Waals surface area (Å²) in [5.74, 6) is -29.9. The van der Waals surface area contributed by atoms with E-state index in [4.69, 9.17) is 0 Å². The average molecular weight is 564 g/mol. The summed E-state index contributed by atoms with van der Waals surface area (Å²) in [6.45, 7) is 2.79. The van der Waals surface area contributed by atoms with Gasteiger partial charge in [0.05, 0.1) is 0 Å². The van der Waals surface area contributed by atoms with Crippen LogP contribution in [0.1, 0.15) is 34.6 Å². The van der Waals surface area contributed by atoms with Crippen molar-refractivity contribution in [3.8, 4) is 0 Å². The lowest BCUT2D eigenvalue weighted by atomic mass is 9.86. The van der Waals surface area contributed by atoms with E-state index in [1.54, 1.807) is 0 Å². The van der Waals surface area contributed by atoms with Crippen LogP contribution in [0.2, 0.25) is 0 Å². The summed E-state index contributed by atoms with van der Waals surface area (Å²) < 4.78 is 188. The smallest absolute Gasteiger partial charge is 0.453 e. The highest BCUT2D eigenvalue weighted by Crippen LogP contribution is 2.50. The Hall–Kier alpha value is -2.30. The van der Waals surface area contributed by atoms with Gasteiger partial charge in [-0.2, -0.15) is 61.5 Å². The number of rotatable bonds is 8. The highest BCUT2D eigenvalue weighted by molar-refractivity contribution is 5.97. The molecule has 0 rings (SSSR count). The predicted octanol–water partition coefficient (Wildman–Crippen LogP) is 6.49. The van der Waals surface area contributed by atoms with Gasteiger partial charge in [0.2, 0.25) is 0 Å². The Labute approximate surface area is 193 Å². The van der Waals surface area contributed by atoms with Gasteiger partial charge in [-0.1, -0.05) is 20.8 Å². The standard InChI is InChI=1S/C18H18F14O4/c1-7(13(19,20)15(23,24)17(27,28)29)35-10(33)6-9(12(3,4)5)11(34)36-8(2)14(21,22)16(25,26)18(30,31)32/h6-8H,1-5H3/b9-6-. The molecular formula is C18H18F14O4. The van der Waals surface area contributed by atoms with Crippen LogP contribution in [0.3, 0.4) is 0 Å². The number of carbonyl (C=O) groups is 2. The lowest BCUT2D eigenvalue weighted by Gasteiger charge is -2.33. The second-order valence-electron chi connectivity index (χ2n) is 8.32. The van der Waals surface area contributed by atoms with Crippen LogP contribution < -0.4 is 0 Å². The summed E-state index contributed by atoms with van der Waals surface area (Å²) in [5, 5.41) is 0. The van der Waals surface area contributed by atoms with Gasteiger partial charge in [-0.05, 0) is 19.3 Å². The highest BCUT2D eigenvalue weighted by Gasteiger charge is 2.76. The number of carbonyl (C=O) groups excluding carboxylic acids is 2. The molecule has 2 unspecified atom stereocenters. The van der Waals surface area contributed by atoms with Crippen LogP contribution in [0.25, 0.3) is 0 Å². The fraction of sp³-hybridized carbons (Fsp3) is 0.778. The second kappa shape index (κ2) is 9.87. The van der Waals surface area contributed by atoms with Crippen LogP contribution in [0.15, 0.2) is 11.6 Å². The summed E-state index contributed by atoms with van der Waals surface area (Å²) in [5.41, 5.74) is -2.94. The van der Waals surface area contributed by atoms with Crippen molar-refractivity contribution >= 4 is 11.9 Å². The molecule has 0 N–H and O–H groups in total. The van der Waals surface area contributed by atoms with E-state index in [0.717, 1.165) is 20.8 Å². The summed E-state index contributed by atoms with van der Waals surface area (Å²) in [4.78, 5) is 24.0.